The summed E-state index contributed by atoms with van der Waals surface area (Å²) in [5.41, 5.74) is 4.58. The summed E-state index contributed by atoms with van der Waals surface area (Å²) >= 11 is 0. The fourth-order valence-electron chi connectivity index (χ4n) is 3.77. The number of hydrogen-bond acceptors (Lipinski definition) is 4. The van der Waals surface area contributed by atoms with Gasteiger partial charge < -0.3 is 4.74 Å². The minimum Gasteiger partial charge on any atom is -0.379 e. The summed E-state index contributed by atoms with van der Waals surface area (Å²) in [7, 11) is -3.67. The Morgan fingerprint density at radius 1 is 1.00 bits per heavy atom. The van der Waals surface area contributed by atoms with Crippen LogP contribution in [0.2, 0.25) is 0 Å². The van der Waals surface area contributed by atoms with Crippen molar-refractivity contribution in [3.8, 4) is 0 Å². The average molecular weight is 439 g/mol. The molecule has 1 aliphatic rings. The molecule has 0 saturated carbocycles. The number of nitrogens with one attached hydrogen (secondary N) is 1. The molecule has 0 bridgehead atoms. The largest absolute Gasteiger partial charge is 0.379 e. The van der Waals surface area contributed by atoms with Crippen LogP contribution in [0.15, 0.2) is 41.3 Å². The lowest BCUT2D eigenvalue weighted by molar-refractivity contribution is 0.0345. The zero-order valence-electron chi connectivity index (χ0n) is 17.6. The predicted molar refractivity (Wildman–Crippen MR) is 119 cm³/mol. The molecule has 1 atom stereocenters. The Kier molecular flexibility index (Phi) is 8.26. The summed E-state index contributed by atoms with van der Waals surface area (Å²) in [6.45, 7) is 11.3. The zero-order valence-corrected chi connectivity index (χ0v) is 19.2. The van der Waals surface area contributed by atoms with Crippen LogP contribution in [0.5, 0.6) is 0 Å². The number of ether oxygens (including phenoxy) is 1. The van der Waals surface area contributed by atoms with Crippen LogP contribution in [0, 0.1) is 27.7 Å². The van der Waals surface area contributed by atoms with E-state index in [4.69, 9.17) is 4.74 Å². The molecule has 2 aromatic rings. The zero-order chi connectivity index (χ0) is 20.3. The Labute approximate surface area is 180 Å². The van der Waals surface area contributed by atoms with E-state index in [0.717, 1.165) is 40.9 Å². The number of nitrogens with zero attached hydrogens (tertiary/aromatic N) is 1. The van der Waals surface area contributed by atoms with E-state index < -0.39 is 10.0 Å². The van der Waals surface area contributed by atoms with Crippen molar-refractivity contribution in [1.82, 2.24) is 9.62 Å². The van der Waals surface area contributed by atoms with E-state index in [1.165, 1.54) is 0 Å². The van der Waals surface area contributed by atoms with Gasteiger partial charge in [-0.25, -0.2) is 13.1 Å². The normalized spacial score (nSPS) is 16.3. The second-order valence-electron chi connectivity index (χ2n) is 7.59. The van der Waals surface area contributed by atoms with Gasteiger partial charge in [0.05, 0.1) is 24.2 Å². The first-order valence-electron chi connectivity index (χ1n) is 9.74. The fraction of sp³-hybridized carbons (Fsp3) is 0.455. The molecule has 0 aliphatic carbocycles. The molecule has 1 saturated heterocycles. The summed E-state index contributed by atoms with van der Waals surface area (Å²) in [6, 6.07) is 11.5. The van der Waals surface area contributed by atoms with Gasteiger partial charge in [-0.3, -0.25) is 4.90 Å². The van der Waals surface area contributed by atoms with Gasteiger partial charge in [-0.2, -0.15) is 0 Å². The van der Waals surface area contributed by atoms with Crippen LogP contribution in [0.4, 0.5) is 0 Å². The van der Waals surface area contributed by atoms with Crippen molar-refractivity contribution in [2.45, 2.75) is 38.6 Å². The Morgan fingerprint density at radius 3 is 2.10 bits per heavy atom. The first kappa shape index (κ1) is 23.8. The van der Waals surface area contributed by atoms with Gasteiger partial charge in [0.15, 0.2) is 0 Å². The maximum Gasteiger partial charge on any atom is 0.241 e. The van der Waals surface area contributed by atoms with Crippen LogP contribution in [0.1, 0.15) is 33.9 Å². The van der Waals surface area contributed by atoms with Crippen LogP contribution >= 0.6 is 12.4 Å². The highest BCUT2D eigenvalue weighted by atomic mass is 35.5. The van der Waals surface area contributed by atoms with Crippen molar-refractivity contribution in [2.24, 2.45) is 0 Å². The molecule has 1 aliphatic heterocycles. The second kappa shape index (κ2) is 10.0. The maximum absolute atomic E-state index is 13.4. The van der Waals surface area contributed by atoms with E-state index in [1.807, 2.05) is 64.1 Å². The van der Waals surface area contributed by atoms with Gasteiger partial charge in [0.25, 0.3) is 0 Å². The van der Waals surface area contributed by atoms with Crippen LogP contribution in [0.3, 0.4) is 0 Å². The molecule has 0 aromatic heterocycles. The van der Waals surface area contributed by atoms with E-state index in [-0.39, 0.29) is 18.4 Å². The SMILES string of the molecule is Cc1cc(C)c(C)c(S(=O)(=O)NC(CN2CCOCC2)c2ccccc2)c1C.Cl. The van der Waals surface area contributed by atoms with Gasteiger partial charge in [-0.1, -0.05) is 36.4 Å². The van der Waals surface area contributed by atoms with Gasteiger partial charge in [0.1, 0.15) is 0 Å². The first-order valence-corrected chi connectivity index (χ1v) is 11.2. The minimum atomic E-state index is -3.67. The summed E-state index contributed by atoms with van der Waals surface area (Å²) in [5, 5.41) is 0. The van der Waals surface area contributed by atoms with Crippen molar-refractivity contribution < 1.29 is 13.2 Å². The van der Waals surface area contributed by atoms with Gasteiger partial charge in [-0.15, -0.1) is 12.4 Å². The van der Waals surface area contributed by atoms with E-state index in [9.17, 15) is 8.42 Å². The molecular weight excluding hydrogens is 408 g/mol. The molecule has 0 spiro atoms. The molecule has 160 valence electrons. The van der Waals surface area contributed by atoms with Crippen molar-refractivity contribution in [1.29, 1.82) is 0 Å². The molecular formula is C22H31ClN2O3S. The van der Waals surface area contributed by atoms with Crippen LogP contribution in [0.25, 0.3) is 0 Å². The van der Waals surface area contributed by atoms with E-state index >= 15 is 0 Å². The van der Waals surface area contributed by atoms with Crippen LogP contribution < -0.4 is 4.72 Å². The monoisotopic (exact) mass is 438 g/mol. The smallest absolute Gasteiger partial charge is 0.241 e. The number of sulfonamides is 1. The highest BCUT2D eigenvalue weighted by Gasteiger charge is 2.27. The van der Waals surface area contributed by atoms with Crippen molar-refractivity contribution in [2.75, 3.05) is 32.8 Å². The van der Waals surface area contributed by atoms with Crippen LogP contribution in [-0.4, -0.2) is 46.2 Å². The van der Waals surface area contributed by atoms with Crippen molar-refractivity contribution in [3.05, 3.63) is 64.2 Å². The molecule has 1 unspecified atom stereocenters. The summed E-state index contributed by atoms with van der Waals surface area (Å²) in [5.74, 6) is 0. The summed E-state index contributed by atoms with van der Waals surface area (Å²) in [4.78, 5) is 2.66. The maximum atomic E-state index is 13.4. The third-order valence-electron chi connectivity index (χ3n) is 5.61. The van der Waals surface area contributed by atoms with Crippen LogP contribution in [-0.2, 0) is 14.8 Å². The van der Waals surface area contributed by atoms with E-state index in [2.05, 4.69) is 9.62 Å². The number of hydrogen-bond donors (Lipinski definition) is 1. The van der Waals surface area contributed by atoms with Crippen molar-refractivity contribution in [3.63, 3.8) is 0 Å². The predicted octanol–water partition coefficient (Wildman–Crippen LogP) is 3.69. The molecule has 0 amide bonds. The molecule has 5 nitrogen and oxygen atoms in total. The van der Waals surface area contributed by atoms with Gasteiger partial charge in [-0.05, 0) is 55.5 Å². The third-order valence-corrected chi connectivity index (χ3v) is 7.35. The third kappa shape index (κ3) is 5.58. The first-order chi connectivity index (χ1) is 13.3. The molecule has 2 aromatic carbocycles. The van der Waals surface area contributed by atoms with E-state index in [1.54, 1.807) is 0 Å². The summed E-state index contributed by atoms with van der Waals surface area (Å²) < 4.78 is 35.3. The molecule has 29 heavy (non-hydrogen) atoms. The number of halogens is 1. The number of benzene rings is 2. The minimum absolute atomic E-state index is 0. The molecule has 7 heteroatoms. The number of aryl methyl sites for hydroxylation is 2. The second-order valence-corrected chi connectivity index (χ2v) is 9.24. The van der Waals surface area contributed by atoms with Gasteiger partial charge in [0, 0.05) is 19.6 Å². The standard InChI is InChI=1S/C22H30N2O3S.ClH/c1-16-14-17(2)19(4)22(18(16)3)28(25,26)23-21(20-8-6-5-7-9-20)15-24-10-12-27-13-11-24;/h5-9,14,21,23H,10-13,15H2,1-4H3;1H. The Balaban J connectivity index is 0.00000300. The highest BCUT2D eigenvalue weighted by Crippen LogP contribution is 2.28. The molecule has 1 fully saturated rings. The fourth-order valence-corrected chi connectivity index (χ4v) is 5.60. The Hall–Kier alpha value is -1.44. The van der Waals surface area contributed by atoms with Gasteiger partial charge in [0.2, 0.25) is 10.0 Å². The van der Waals surface area contributed by atoms with E-state index in [0.29, 0.717) is 24.7 Å². The van der Waals surface area contributed by atoms with Crippen molar-refractivity contribution >= 4 is 22.4 Å². The number of rotatable bonds is 6. The lowest BCUT2D eigenvalue weighted by Gasteiger charge is -2.31. The average Bonchev–Trinajstić information content (AvgIpc) is 2.67. The Bertz CT molecular complexity index is 901. The topological polar surface area (TPSA) is 58.6 Å². The highest BCUT2D eigenvalue weighted by molar-refractivity contribution is 7.89. The number of morpholine rings is 1. The van der Waals surface area contributed by atoms with Gasteiger partial charge >= 0.3 is 0 Å². The quantitative estimate of drug-likeness (QED) is 0.747. The molecule has 1 heterocycles. The lowest BCUT2D eigenvalue weighted by Crippen LogP contribution is -2.43. The Morgan fingerprint density at radius 2 is 1.55 bits per heavy atom. The lowest BCUT2D eigenvalue weighted by atomic mass is 10.0. The molecule has 1 N–H and O–H groups in total. The summed E-state index contributed by atoms with van der Waals surface area (Å²) in [6.07, 6.45) is 0. The molecule has 3 rings (SSSR count). The molecule has 0 radical (unpaired) electrons.